The van der Waals surface area contributed by atoms with Crippen LogP contribution < -0.4 is 0 Å². The maximum atomic E-state index is 11.1. The average Bonchev–Trinajstić information content (AvgIpc) is 2.45. The highest BCUT2D eigenvalue weighted by atomic mass is 16.4. The van der Waals surface area contributed by atoms with Crippen molar-refractivity contribution in [2.45, 2.75) is 0 Å². The van der Waals surface area contributed by atoms with Crippen LogP contribution in [0.4, 0.5) is 11.4 Å². The van der Waals surface area contributed by atoms with Gasteiger partial charge in [0.2, 0.25) is 0 Å². The maximum absolute atomic E-state index is 11.1. The number of azo groups is 1. The molecule has 0 saturated heterocycles. The van der Waals surface area contributed by atoms with Gasteiger partial charge in [-0.15, -0.1) is 5.11 Å². The van der Waals surface area contributed by atoms with Crippen LogP contribution in [0.5, 0.6) is 0 Å². The van der Waals surface area contributed by atoms with Crippen LogP contribution in [0.3, 0.4) is 0 Å². The van der Waals surface area contributed by atoms with Crippen LogP contribution in [-0.2, 0) is 0 Å². The lowest BCUT2D eigenvalue weighted by molar-refractivity contribution is 0.0696. The summed E-state index contributed by atoms with van der Waals surface area (Å²) in [7, 11) is 0. The summed E-state index contributed by atoms with van der Waals surface area (Å²) in [4.78, 5) is 22.2. The molecule has 0 aliphatic carbocycles. The summed E-state index contributed by atoms with van der Waals surface area (Å²) in [6.45, 7) is 0. The van der Waals surface area contributed by atoms with Gasteiger partial charge in [0.05, 0.1) is 16.8 Å². The first-order valence-electron chi connectivity index (χ1n) is 5.66. The SMILES string of the molecule is O=C(O)c1cccc(C(=O)O)c1N=Nc1ccccc1. The molecule has 6 nitrogen and oxygen atoms in total. The molecule has 0 fully saturated rings. The Kier molecular flexibility index (Phi) is 3.85. The molecule has 20 heavy (non-hydrogen) atoms. The number of carboxylic acid groups (broad SMARTS) is 2. The van der Waals surface area contributed by atoms with Crippen LogP contribution in [0.1, 0.15) is 20.7 Å². The summed E-state index contributed by atoms with van der Waals surface area (Å²) in [6.07, 6.45) is 0. The quantitative estimate of drug-likeness (QED) is 0.830. The van der Waals surface area contributed by atoms with Crippen LogP contribution in [-0.4, -0.2) is 22.2 Å². The largest absolute Gasteiger partial charge is 0.478 e. The van der Waals surface area contributed by atoms with Crippen molar-refractivity contribution in [3.63, 3.8) is 0 Å². The van der Waals surface area contributed by atoms with Gasteiger partial charge in [0.1, 0.15) is 5.69 Å². The normalized spacial score (nSPS) is 10.6. The van der Waals surface area contributed by atoms with Crippen LogP contribution in [0.2, 0.25) is 0 Å². The van der Waals surface area contributed by atoms with Gasteiger partial charge in [0, 0.05) is 0 Å². The Hall–Kier alpha value is -3.02. The van der Waals surface area contributed by atoms with E-state index in [1.165, 1.54) is 18.2 Å². The third-order valence-corrected chi connectivity index (χ3v) is 2.52. The molecule has 6 heteroatoms. The molecule has 2 aromatic carbocycles. The van der Waals surface area contributed by atoms with Crippen LogP contribution in [0.25, 0.3) is 0 Å². The second-order valence-corrected chi connectivity index (χ2v) is 3.85. The molecule has 0 unspecified atom stereocenters. The van der Waals surface area contributed by atoms with Crippen LogP contribution in [0.15, 0.2) is 58.8 Å². The lowest BCUT2D eigenvalue weighted by Gasteiger charge is -2.03. The first-order chi connectivity index (χ1) is 9.59. The molecule has 2 rings (SSSR count). The van der Waals surface area contributed by atoms with E-state index in [0.717, 1.165) is 0 Å². The van der Waals surface area contributed by atoms with Crippen molar-refractivity contribution in [2.75, 3.05) is 0 Å². The Labute approximate surface area is 114 Å². The highest BCUT2D eigenvalue weighted by molar-refractivity contribution is 6.02. The van der Waals surface area contributed by atoms with E-state index in [1.807, 2.05) is 0 Å². The van der Waals surface area contributed by atoms with Crippen LogP contribution >= 0.6 is 0 Å². The van der Waals surface area contributed by atoms with E-state index in [9.17, 15) is 9.59 Å². The minimum absolute atomic E-state index is 0.170. The number of nitrogens with zero attached hydrogens (tertiary/aromatic N) is 2. The van der Waals surface area contributed by atoms with Gasteiger partial charge in [-0.3, -0.25) is 0 Å². The Morgan fingerprint density at radius 1 is 0.750 bits per heavy atom. The highest BCUT2D eigenvalue weighted by Gasteiger charge is 2.17. The van der Waals surface area contributed by atoms with Gasteiger partial charge in [-0.2, -0.15) is 5.11 Å². The fourth-order valence-corrected chi connectivity index (χ4v) is 1.60. The Bertz CT molecular complexity index is 649. The predicted molar refractivity (Wildman–Crippen MR) is 71.0 cm³/mol. The van der Waals surface area contributed by atoms with Crippen molar-refractivity contribution in [3.05, 3.63) is 59.7 Å². The van der Waals surface area contributed by atoms with E-state index in [-0.39, 0.29) is 16.8 Å². The van der Waals surface area contributed by atoms with Crippen molar-refractivity contribution in [1.29, 1.82) is 0 Å². The lowest BCUT2D eigenvalue weighted by atomic mass is 10.1. The average molecular weight is 270 g/mol. The third-order valence-electron chi connectivity index (χ3n) is 2.52. The molecule has 0 aromatic heterocycles. The first kappa shape index (κ1) is 13.4. The molecule has 0 saturated carbocycles. The van der Waals surface area contributed by atoms with E-state index in [1.54, 1.807) is 30.3 Å². The number of hydrogen-bond acceptors (Lipinski definition) is 4. The highest BCUT2D eigenvalue weighted by Crippen LogP contribution is 2.27. The van der Waals surface area contributed by atoms with Crippen molar-refractivity contribution in [1.82, 2.24) is 0 Å². The minimum atomic E-state index is -1.25. The predicted octanol–water partition coefficient (Wildman–Crippen LogP) is 3.50. The topological polar surface area (TPSA) is 99.3 Å². The zero-order valence-electron chi connectivity index (χ0n) is 10.2. The Balaban J connectivity index is 2.51. The minimum Gasteiger partial charge on any atom is -0.478 e. The Morgan fingerprint density at radius 2 is 1.30 bits per heavy atom. The van der Waals surface area contributed by atoms with Gasteiger partial charge in [0.15, 0.2) is 0 Å². The first-order valence-corrected chi connectivity index (χ1v) is 5.66. The number of benzene rings is 2. The number of carboxylic acids is 2. The zero-order chi connectivity index (χ0) is 14.5. The van der Waals surface area contributed by atoms with Gasteiger partial charge in [-0.25, -0.2) is 9.59 Å². The molecule has 0 amide bonds. The van der Waals surface area contributed by atoms with Crippen molar-refractivity contribution in [2.24, 2.45) is 10.2 Å². The molecule has 2 aromatic rings. The van der Waals surface area contributed by atoms with E-state index in [2.05, 4.69) is 10.2 Å². The lowest BCUT2D eigenvalue weighted by Crippen LogP contribution is -2.03. The van der Waals surface area contributed by atoms with E-state index < -0.39 is 11.9 Å². The summed E-state index contributed by atoms with van der Waals surface area (Å²) in [6, 6.07) is 12.6. The molecular weight excluding hydrogens is 260 g/mol. The van der Waals surface area contributed by atoms with E-state index >= 15 is 0 Å². The smallest absolute Gasteiger partial charge is 0.337 e. The van der Waals surface area contributed by atoms with Gasteiger partial charge in [0.25, 0.3) is 0 Å². The summed E-state index contributed by atoms with van der Waals surface area (Å²) >= 11 is 0. The van der Waals surface area contributed by atoms with Gasteiger partial charge in [-0.1, -0.05) is 24.3 Å². The summed E-state index contributed by atoms with van der Waals surface area (Å²) in [5, 5.41) is 25.8. The van der Waals surface area contributed by atoms with E-state index in [0.29, 0.717) is 5.69 Å². The number of hydrogen-bond donors (Lipinski definition) is 2. The van der Waals surface area contributed by atoms with Gasteiger partial charge < -0.3 is 10.2 Å². The zero-order valence-corrected chi connectivity index (χ0v) is 10.2. The second kappa shape index (κ2) is 5.75. The Morgan fingerprint density at radius 3 is 1.80 bits per heavy atom. The molecule has 0 aliphatic heterocycles. The van der Waals surface area contributed by atoms with E-state index in [4.69, 9.17) is 10.2 Å². The molecule has 0 bridgehead atoms. The van der Waals surface area contributed by atoms with Crippen LogP contribution in [0, 0.1) is 0 Å². The molecule has 0 atom stereocenters. The maximum Gasteiger partial charge on any atom is 0.337 e. The molecule has 0 spiro atoms. The summed E-state index contributed by atoms with van der Waals surface area (Å²) in [5.41, 5.74) is -0.0745. The second-order valence-electron chi connectivity index (χ2n) is 3.85. The molecule has 2 N–H and O–H groups in total. The molecular formula is C14H10N2O4. The number of carbonyl (C=O) groups is 2. The monoisotopic (exact) mass is 270 g/mol. The third kappa shape index (κ3) is 2.86. The molecule has 0 heterocycles. The standard InChI is InChI=1S/C14H10N2O4/c17-13(18)10-7-4-8-11(14(19)20)12(10)16-15-9-5-2-1-3-6-9/h1-8H,(H,17,18)(H,19,20). The number of aromatic carboxylic acids is 2. The van der Waals surface area contributed by atoms with Crippen molar-refractivity contribution < 1.29 is 19.8 Å². The molecule has 100 valence electrons. The van der Waals surface area contributed by atoms with Crippen molar-refractivity contribution >= 4 is 23.3 Å². The molecule has 0 radical (unpaired) electrons. The van der Waals surface area contributed by atoms with Crippen molar-refractivity contribution in [3.8, 4) is 0 Å². The fraction of sp³-hybridized carbons (Fsp3) is 0. The summed E-state index contributed by atoms with van der Waals surface area (Å²) in [5.74, 6) is -2.51. The number of rotatable bonds is 4. The molecule has 0 aliphatic rings. The van der Waals surface area contributed by atoms with Gasteiger partial charge >= 0.3 is 11.9 Å². The summed E-state index contributed by atoms with van der Waals surface area (Å²) < 4.78 is 0. The fourth-order valence-electron chi connectivity index (χ4n) is 1.60. The van der Waals surface area contributed by atoms with Gasteiger partial charge in [-0.05, 0) is 24.3 Å².